The van der Waals surface area contributed by atoms with Crippen molar-refractivity contribution < 1.29 is 13.9 Å². The van der Waals surface area contributed by atoms with E-state index >= 15 is 0 Å². The molecule has 0 unspecified atom stereocenters. The molecule has 0 saturated carbocycles. The number of carbonyl (C=O) groups excluding carboxylic acids is 1. The van der Waals surface area contributed by atoms with E-state index in [1.165, 1.54) is 23.4 Å². The fourth-order valence-corrected chi connectivity index (χ4v) is 3.75. The number of carbonyl (C=O) groups is 1. The largest absolute Gasteiger partial charge is 0.472 e. The first kappa shape index (κ1) is 14.6. The molecule has 2 rings (SSSR count). The summed E-state index contributed by atoms with van der Waals surface area (Å²) >= 11 is 0. The van der Waals surface area contributed by atoms with Crippen molar-refractivity contribution in [2.75, 3.05) is 7.11 Å². The highest BCUT2D eigenvalue weighted by Crippen LogP contribution is 2.14. The Kier molecular flexibility index (Phi) is 4.14. The molecule has 0 aliphatic carbocycles. The van der Waals surface area contributed by atoms with Crippen molar-refractivity contribution in [2.24, 2.45) is 0 Å². The average Bonchev–Trinajstić information content (AvgIpc) is 2.87. The molecule has 0 saturated heterocycles. The molecule has 1 heterocycles. The fourth-order valence-electron chi connectivity index (χ4n) is 2.22. The summed E-state index contributed by atoms with van der Waals surface area (Å²) in [5.41, 5.74) is 2.99. The van der Waals surface area contributed by atoms with Gasteiger partial charge in [0.1, 0.15) is 0 Å². The van der Waals surface area contributed by atoms with Crippen LogP contribution >= 0.6 is 0 Å². The normalized spacial score (nSPS) is 11.4. The van der Waals surface area contributed by atoms with Crippen LogP contribution in [0.25, 0.3) is 0 Å². The maximum atomic E-state index is 11.4. The van der Waals surface area contributed by atoms with Crippen LogP contribution in [0, 0.1) is 0 Å². The van der Waals surface area contributed by atoms with E-state index in [9.17, 15) is 4.79 Å². The summed E-state index contributed by atoms with van der Waals surface area (Å²) in [5.74, 6) is -0.303. The molecule has 0 fully saturated rings. The third-order valence-electron chi connectivity index (χ3n) is 3.32. The topological polar surface area (TPSA) is 39.4 Å². The summed E-state index contributed by atoms with van der Waals surface area (Å²) in [6.07, 6.45) is 4.55. The standard InChI is InChI=1S/C16H20O3Si/c1-18-16(17)13-7-5-12(6-8-13)9-14-10-19-11-15(14)20(2,3)4/h5-8,10-11H,9H2,1-4H3. The Morgan fingerprint density at radius 1 is 1.15 bits per heavy atom. The van der Waals surface area contributed by atoms with Crippen molar-refractivity contribution >= 4 is 19.2 Å². The van der Waals surface area contributed by atoms with Gasteiger partial charge in [0, 0.05) is 6.42 Å². The summed E-state index contributed by atoms with van der Waals surface area (Å²) in [4.78, 5) is 11.4. The minimum Gasteiger partial charge on any atom is -0.472 e. The first-order valence-corrected chi connectivity index (χ1v) is 10.1. The third-order valence-corrected chi connectivity index (χ3v) is 5.37. The van der Waals surface area contributed by atoms with Gasteiger partial charge in [-0.1, -0.05) is 31.8 Å². The molecule has 3 nitrogen and oxygen atoms in total. The lowest BCUT2D eigenvalue weighted by atomic mass is 10.1. The van der Waals surface area contributed by atoms with E-state index < -0.39 is 8.07 Å². The smallest absolute Gasteiger partial charge is 0.337 e. The molecule has 0 aliphatic heterocycles. The maximum absolute atomic E-state index is 11.4. The molecule has 1 aromatic heterocycles. The molecule has 0 amide bonds. The fraction of sp³-hybridized carbons (Fsp3) is 0.312. The highest BCUT2D eigenvalue weighted by atomic mass is 28.3. The minimum absolute atomic E-state index is 0.303. The highest BCUT2D eigenvalue weighted by Gasteiger charge is 2.22. The summed E-state index contributed by atoms with van der Waals surface area (Å²) in [7, 11) is 0.00887. The van der Waals surface area contributed by atoms with Crippen LogP contribution in [-0.4, -0.2) is 21.2 Å². The third kappa shape index (κ3) is 3.19. The summed E-state index contributed by atoms with van der Waals surface area (Å²) < 4.78 is 10.1. The van der Waals surface area contributed by atoms with Crippen LogP contribution in [0.2, 0.25) is 19.6 Å². The van der Waals surface area contributed by atoms with Crippen molar-refractivity contribution in [1.29, 1.82) is 0 Å². The maximum Gasteiger partial charge on any atom is 0.337 e. The van der Waals surface area contributed by atoms with Crippen LogP contribution in [0.15, 0.2) is 41.2 Å². The van der Waals surface area contributed by atoms with Gasteiger partial charge in [0.15, 0.2) is 0 Å². The zero-order chi connectivity index (χ0) is 14.8. The molecule has 1 aromatic carbocycles. The van der Waals surface area contributed by atoms with E-state index in [0.717, 1.165) is 6.42 Å². The molecule has 0 N–H and O–H groups in total. The number of hydrogen-bond acceptors (Lipinski definition) is 3. The highest BCUT2D eigenvalue weighted by molar-refractivity contribution is 6.89. The van der Waals surface area contributed by atoms with Crippen molar-refractivity contribution in [1.82, 2.24) is 0 Å². The van der Waals surface area contributed by atoms with Crippen LogP contribution < -0.4 is 5.19 Å². The Hall–Kier alpha value is -1.81. The Labute approximate surface area is 120 Å². The number of hydrogen-bond donors (Lipinski definition) is 0. The first-order chi connectivity index (χ1) is 9.41. The van der Waals surface area contributed by atoms with Crippen LogP contribution in [0.3, 0.4) is 0 Å². The van der Waals surface area contributed by atoms with Crippen molar-refractivity contribution in [3.8, 4) is 0 Å². The molecule has 4 heteroatoms. The van der Waals surface area contributed by atoms with E-state index in [-0.39, 0.29) is 5.97 Å². The van der Waals surface area contributed by atoms with Crippen molar-refractivity contribution in [3.05, 3.63) is 53.5 Å². The SMILES string of the molecule is COC(=O)c1ccc(Cc2cocc2[Si](C)(C)C)cc1. The van der Waals surface area contributed by atoms with E-state index in [4.69, 9.17) is 9.15 Å². The van der Waals surface area contributed by atoms with Gasteiger partial charge in [-0.05, 0) is 28.4 Å². The molecule has 2 aromatic rings. The Morgan fingerprint density at radius 2 is 1.80 bits per heavy atom. The van der Waals surface area contributed by atoms with Crippen LogP contribution in [0.4, 0.5) is 0 Å². The average molecular weight is 288 g/mol. The Bertz CT molecular complexity index is 591. The van der Waals surface area contributed by atoms with Gasteiger partial charge < -0.3 is 9.15 Å². The lowest BCUT2D eigenvalue weighted by Crippen LogP contribution is -2.38. The predicted octanol–water partition coefficient (Wildman–Crippen LogP) is 3.20. The van der Waals surface area contributed by atoms with Gasteiger partial charge in [0.25, 0.3) is 0 Å². The second-order valence-corrected chi connectivity index (χ2v) is 11.0. The summed E-state index contributed by atoms with van der Waals surface area (Å²) in [6, 6.07) is 7.53. The van der Waals surface area contributed by atoms with Crippen molar-refractivity contribution in [2.45, 2.75) is 26.1 Å². The van der Waals surface area contributed by atoms with Gasteiger partial charge in [-0.3, -0.25) is 0 Å². The summed E-state index contributed by atoms with van der Waals surface area (Å²) in [6.45, 7) is 6.92. The van der Waals surface area contributed by atoms with E-state index in [2.05, 4.69) is 19.6 Å². The predicted molar refractivity (Wildman–Crippen MR) is 82.3 cm³/mol. The van der Waals surface area contributed by atoms with Gasteiger partial charge in [-0.25, -0.2) is 4.79 Å². The minimum atomic E-state index is -1.38. The molecule has 0 atom stereocenters. The molecular weight excluding hydrogens is 268 g/mol. The number of benzene rings is 1. The van der Waals surface area contributed by atoms with Gasteiger partial charge in [-0.2, -0.15) is 0 Å². The van der Waals surface area contributed by atoms with Crippen LogP contribution in [-0.2, 0) is 11.2 Å². The van der Waals surface area contributed by atoms with E-state index in [0.29, 0.717) is 5.56 Å². The Morgan fingerprint density at radius 3 is 2.35 bits per heavy atom. The molecule has 106 valence electrons. The lowest BCUT2D eigenvalue weighted by Gasteiger charge is -2.16. The van der Waals surface area contributed by atoms with Crippen LogP contribution in [0.5, 0.6) is 0 Å². The molecule has 0 spiro atoms. The number of furan rings is 1. The van der Waals surface area contributed by atoms with Gasteiger partial charge in [0.2, 0.25) is 0 Å². The first-order valence-electron chi connectivity index (χ1n) is 6.64. The molecule has 0 aliphatic rings. The zero-order valence-corrected chi connectivity index (χ0v) is 13.4. The van der Waals surface area contributed by atoms with Crippen LogP contribution in [0.1, 0.15) is 21.5 Å². The summed E-state index contributed by atoms with van der Waals surface area (Å²) in [5, 5.41) is 1.36. The van der Waals surface area contributed by atoms with Gasteiger partial charge in [-0.15, -0.1) is 0 Å². The molecule has 0 radical (unpaired) electrons. The number of esters is 1. The molecular formula is C16H20O3Si. The zero-order valence-electron chi connectivity index (χ0n) is 12.4. The van der Waals surface area contributed by atoms with Crippen molar-refractivity contribution in [3.63, 3.8) is 0 Å². The quantitative estimate of drug-likeness (QED) is 0.640. The number of rotatable bonds is 4. The molecule has 20 heavy (non-hydrogen) atoms. The van der Waals surface area contributed by atoms with E-state index in [1.54, 1.807) is 12.1 Å². The number of ether oxygens (including phenoxy) is 1. The van der Waals surface area contributed by atoms with Gasteiger partial charge >= 0.3 is 5.97 Å². The second-order valence-electron chi connectivity index (χ2n) is 5.93. The Balaban J connectivity index is 2.19. The molecule has 0 bridgehead atoms. The monoisotopic (exact) mass is 288 g/mol. The van der Waals surface area contributed by atoms with Gasteiger partial charge in [0.05, 0.1) is 33.3 Å². The number of methoxy groups -OCH3 is 1. The second kappa shape index (κ2) is 5.67. The lowest BCUT2D eigenvalue weighted by molar-refractivity contribution is 0.0600. The van der Waals surface area contributed by atoms with E-state index in [1.807, 2.05) is 24.7 Å².